The number of aromatic hydroxyl groups is 1. The number of amides is 3. The molecule has 1 aliphatic heterocycles. The lowest BCUT2D eigenvalue weighted by atomic mass is 10.0. The first-order valence-electron chi connectivity index (χ1n) is 19.8. The first-order valence-corrected chi connectivity index (χ1v) is 19.8. The van der Waals surface area contributed by atoms with Crippen molar-refractivity contribution >= 4 is 40.2 Å². The molecule has 1 atom stereocenters. The van der Waals surface area contributed by atoms with Crippen molar-refractivity contribution in [3.05, 3.63) is 124 Å². The molecule has 58 heavy (non-hydrogen) atoms. The third-order valence-corrected chi connectivity index (χ3v) is 10.5. The number of para-hydroxylation sites is 1. The lowest BCUT2D eigenvalue weighted by Gasteiger charge is -2.31. The van der Waals surface area contributed by atoms with Crippen LogP contribution in [0.15, 0.2) is 102 Å². The number of pyridine rings is 1. The zero-order valence-corrected chi connectivity index (χ0v) is 33.0. The lowest BCUT2D eigenvalue weighted by molar-refractivity contribution is -0.130. The standard InChI is InChI=1S/C45H52N6O7/c1-30-27-31(28-46-29-40(53)35-15-18-39(52)44-36(35)16-19-42(55)49-44)14-17-37(30)47-41(54)13-8-23-50(2)43(56)22-26-51-24-20-33(21-25-51)58-45(57)48-38-12-7-6-11-34(38)32-9-4-3-5-10-32/h3-7,9-12,14-19,27,33,40,46,52-53H,8,13,20-26,28-29H2,1-2H3,(H,47,54)(H,48,57)(H,49,55)/t40-/m1/s1. The van der Waals surface area contributed by atoms with Crippen LogP contribution >= 0.6 is 0 Å². The molecular weight excluding hydrogens is 737 g/mol. The number of aliphatic hydroxyl groups excluding tert-OH is 1. The van der Waals surface area contributed by atoms with E-state index in [0.29, 0.717) is 67.6 Å². The number of fused-ring (bicyclic) bond motifs is 1. The van der Waals surface area contributed by atoms with E-state index in [-0.39, 0.29) is 47.7 Å². The normalized spacial score (nSPS) is 13.8. The van der Waals surface area contributed by atoms with Crippen LogP contribution in [0.4, 0.5) is 16.2 Å². The van der Waals surface area contributed by atoms with E-state index >= 15 is 0 Å². The van der Waals surface area contributed by atoms with Crippen LogP contribution in [-0.4, -0.2) is 88.8 Å². The maximum atomic E-state index is 12.9. The number of aromatic nitrogens is 1. The van der Waals surface area contributed by atoms with Gasteiger partial charge in [-0.15, -0.1) is 0 Å². The van der Waals surface area contributed by atoms with E-state index in [0.717, 1.165) is 35.3 Å². The Balaban J connectivity index is 0.847. The molecule has 304 valence electrons. The molecule has 2 heterocycles. The second-order valence-electron chi connectivity index (χ2n) is 14.8. The number of piperidine rings is 1. The predicted octanol–water partition coefficient (Wildman–Crippen LogP) is 6.31. The van der Waals surface area contributed by atoms with Crippen molar-refractivity contribution in [3.63, 3.8) is 0 Å². The molecule has 1 aliphatic rings. The van der Waals surface area contributed by atoms with E-state index in [1.54, 1.807) is 24.1 Å². The molecule has 1 aromatic heterocycles. The number of nitrogens with zero attached hydrogens (tertiary/aromatic N) is 2. The average Bonchev–Trinajstić information content (AvgIpc) is 3.22. The fraction of sp³-hybridized carbons (Fsp3) is 0.333. The number of nitrogens with one attached hydrogen (secondary N) is 4. The molecule has 13 heteroatoms. The summed E-state index contributed by atoms with van der Waals surface area (Å²) >= 11 is 0. The van der Waals surface area contributed by atoms with Gasteiger partial charge in [-0.05, 0) is 72.7 Å². The molecule has 1 saturated heterocycles. The van der Waals surface area contributed by atoms with Crippen LogP contribution in [0.1, 0.15) is 54.9 Å². The van der Waals surface area contributed by atoms with Gasteiger partial charge in [0.25, 0.3) is 0 Å². The van der Waals surface area contributed by atoms with Crippen LogP contribution < -0.4 is 21.5 Å². The summed E-state index contributed by atoms with van der Waals surface area (Å²) in [6, 6.07) is 29.3. The summed E-state index contributed by atoms with van der Waals surface area (Å²) in [6.45, 7) is 5.21. The van der Waals surface area contributed by atoms with Gasteiger partial charge in [0.2, 0.25) is 17.4 Å². The molecule has 6 N–H and O–H groups in total. The summed E-state index contributed by atoms with van der Waals surface area (Å²) in [6.07, 6.45) is 1.04. The lowest BCUT2D eigenvalue weighted by Crippen LogP contribution is -2.40. The molecule has 5 aromatic rings. The van der Waals surface area contributed by atoms with Gasteiger partial charge in [-0.1, -0.05) is 66.7 Å². The van der Waals surface area contributed by atoms with Crippen molar-refractivity contribution in [2.24, 2.45) is 0 Å². The molecule has 0 bridgehead atoms. The van der Waals surface area contributed by atoms with Gasteiger partial charge in [-0.3, -0.25) is 19.7 Å². The van der Waals surface area contributed by atoms with Gasteiger partial charge in [0.15, 0.2) is 0 Å². The number of likely N-dealkylation sites (tertiary alicyclic amines) is 1. The Morgan fingerprint density at radius 1 is 0.914 bits per heavy atom. The van der Waals surface area contributed by atoms with Crippen molar-refractivity contribution in [1.82, 2.24) is 20.1 Å². The number of anilines is 2. The number of ether oxygens (including phenoxy) is 1. The zero-order chi connectivity index (χ0) is 41.0. The Bertz CT molecular complexity index is 2250. The summed E-state index contributed by atoms with van der Waals surface area (Å²) < 4.78 is 5.75. The van der Waals surface area contributed by atoms with E-state index in [1.807, 2.05) is 79.7 Å². The minimum absolute atomic E-state index is 0.0237. The SMILES string of the molecule is Cc1cc(CNC[C@@H](O)c2ccc(O)c3[nH]c(=O)ccc23)ccc1NC(=O)CCCN(C)C(=O)CCN1CCC(OC(=O)Nc2ccccc2-c2ccccc2)CC1. The maximum Gasteiger partial charge on any atom is 0.411 e. The number of phenols is 1. The third kappa shape index (κ3) is 11.3. The van der Waals surface area contributed by atoms with Gasteiger partial charge in [-0.2, -0.15) is 0 Å². The Kier molecular flexibility index (Phi) is 14.3. The van der Waals surface area contributed by atoms with Gasteiger partial charge in [-0.25, -0.2) is 4.79 Å². The molecular formula is C45H52N6O7. The average molecular weight is 789 g/mol. The number of hydrogen-bond acceptors (Lipinski definition) is 9. The number of carbonyl (C=O) groups excluding carboxylic acids is 3. The van der Waals surface area contributed by atoms with Crippen LogP contribution in [0.2, 0.25) is 0 Å². The summed E-state index contributed by atoms with van der Waals surface area (Å²) in [5, 5.41) is 30.7. The molecule has 6 rings (SSSR count). The number of benzene rings is 4. The molecule has 0 unspecified atom stereocenters. The van der Waals surface area contributed by atoms with Gasteiger partial charge in [0.1, 0.15) is 11.9 Å². The zero-order valence-electron chi connectivity index (χ0n) is 33.0. The Morgan fingerprint density at radius 3 is 2.45 bits per heavy atom. The number of hydrogen-bond donors (Lipinski definition) is 6. The van der Waals surface area contributed by atoms with Gasteiger partial charge >= 0.3 is 6.09 Å². The summed E-state index contributed by atoms with van der Waals surface area (Å²) in [4.78, 5) is 56.6. The second kappa shape index (κ2) is 19.9. The molecule has 3 amide bonds. The van der Waals surface area contributed by atoms with Crippen molar-refractivity contribution in [1.29, 1.82) is 0 Å². The first-order chi connectivity index (χ1) is 28.0. The van der Waals surface area contributed by atoms with E-state index in [1.165, 1.54) is 12.1 Å². The highest BCUT2D eigenvalue weighted by Crippen LogP contribution is 2.30. The van der Waals surface area contributed by atoms with Crippen molar-refractivity contribution in [2.75, 3.05) is 50.4 Å². The fourth-order valence-electron chi connectivity index (χ4n) is 7.25. The van der Waals surface area contributed by atoms with Crippen molar-refractivity contribution in [3.8, 4) is 16.9 Å². The molecule has 0 spiro atoms. The van der Waals surface area contributed by atoms with Crippen LogP contribution in [0.3, 0.4) is 0 Å². The number of phenolic OH excluding ortho intramolecular Hbond substituents is 1. The number of H-pyrrole nitrogens is 1. The van der Waals surface area contributed by atoms with Crippen molar-refractivity contribution in [2.45, 2.75) is 57.8 Å². The summed E-state index contributed by atoms with van der Waals surface area (Å²) in [7, 11) is 1.76. The van der Waals surface area contributed by atoms with Gasteiger partial charge in [0, 0.05) is 81.9 Å². The number of aromatic amines is 1. The quantitative estimate of drug-likeness (QED) is 0.0669. The van der Waals surface area contributed by atoms with Crippen LogP contribution in [0.25, 0.3) is 22.0 Å². The Morgan fingerprint density at radius 2 is 1.67 bits per heavy atom. The Hall–Kier alpha value is -6.02. The maximum absolute atomic E-state index is 12.9. The highest BCUT2D eigenvalue weighted by Gasteiger charge is 2.24. The predicted molar refractivity (Wildman–Crippen MR) is 226 cm³/mol. The van der Waals surface area contributed by atoms with Gasteiger partial charge in [0.05, 0.1) is 17.3 Å². The van der Waals surface area contributed by atoms with Crippen LogP contribution in [-0.2, 0) is 20.9 Å². The van der Waals surface area contributed by atoms with Crippen molar-refractivity contribution < 1.29 is 29.3 Å². The topological polar surface area (TPSA) is 176 Å². The molecule has 1 fully saturated rings. The Labute approximate surface area is 338 Å². The summed E-state index contributed by atoms with van der Waals surface area (Å²) in [5.74, 6) is -0.161. The smallest absolute Gasteiger partial charge is 0.411 e. The number of carbonyl (C=O) groups is 3. The third-order valence-electron chi connectivity index (χ3n) is 10.5. The minimum atomic E-state index is -0.871. The van der Waals surface area contributed by atoms with Crippen LogP contribution in [0, 0.1) is 6.92 Å². The fourth-order valence-corrected chi connectivity index (χ4v) is 7.25. The number of aryl methyl sites for hydroxylation is 1. The first kappa shape index (κ1) is 41.6. The van der Waals surface area contributed by atoms with E-state index < -0.39 is 12.2 Å². The highest BCUT2D eigenvalue weighted by molar-refractivity contribution is 5.92. The molecule has 0 radical (unpaired) electrons. The summed E-state index contributed by atoms with van der Waals surface area (Å²) in [5.41, 5.74) is 5.77. The number of aliphatic hydroxyl groups is 1. The van der Waals surface area contributed by atoms with E-state index in [2.05, 4.69) is 25.8 Å². The second-order valence-corrected chi connectivity index (χ2v) is 14.8. The van der Waals surface area contributed by atoms with Crippen LogP contribution in [0.5, 0.6) is 5.75 Å². The largest absolute Gasteiger partial charge is 0.506 e. The van der Waals surface area contributed by atoms with Gasteiger partial charge < -0.3 is 40.4 Å². The van der Waals surface area contributed by atoms with E-state index in [4.69, 9.17) is 4.74 Å². The molecule has 0 saturated carbocycles. The van der Waals surface area contributed by atoms with E-state index in [9.17, 15) is 29.4 Å². The number of rotatable bonds is 16. The molecule has 0 aliphatic carbocycles. The molecule has 13 nitrogen and oxygen atoms in total. The highest BCUT2D eigenvalue weighted by atomic mass is 16.6. The minimum Gasteiger partial charge on any atom is -0.506 e. The molecule has 4 aromatic carbocycles. The monoisotopic (exact) mass is 788 g/mol.